The van der Waals surface area contributed by atoms with E-state index in [2.05, 4.69) is 9.69 Å². The zero-order chi connectivity index (χ0) is 17.1. The minimum atomic E-state index is -0.227. The van der Waals surface area contributed by atoms with Crippen molar-refractivity contribution in [3.63, 3.8) is 0 Å². The SMILES string of the molecule is COc1ccccc1N1CCC(NC(C)c2csnc2OC)C1=O. The second kappa shape index (κ2) is 7.19. The lowest BCUT2D eigenvalue weighted by Crippen LogP contribution is -2.39. The number of nitrogens with one attached hydrogen (secondary N) is 1. The number of nitrogens with zero attached hydrogens (tertiary/aromatic N) is 2. The monoisotopic (exact) mass is 347 g/mol. The molecule has 0 radical (unpaired) electrons. The van der Waals surface area contributed by atoms with Gasteiger partial charge in [-0.15, -0.1) is 0 Å². The molecule has 1 aliphatic rings. The van der Waals surface area contributed by atoms with Crippen molar-refractivity contribution >= 4 is 23.1 Å². The fourth-order valence-electron chi connectivity index (χ4n) is 2.99. The Kier molecular flexibility index (Phi) is 5.01. The molecule has 2 aromatic rings. The molecular weight excluding hydrogens is 326 g/mol. The van der Waals surface area contributed by atoms with E-state index in [9.17, 15) is 4.79 Å². The molecule has 2 unspecified atom stereocenters. The number of para-hydroxylation sites is 2. The number of hydrogen-bond acceptors (Lipinski definition) is 6. The second-order valence-corrected chi connectivity index (χ2v) is 6.30. The molecule has 0 saturated carbocycles. The van der Waals surface area contributed by atoms with Crippen molar-refractivity contribution in [1.82, 2.24) is 9.69 Å². The normalized spacial score (nSPS) is 18.7. The third-order valence-electron chi connectivity index (χ3n) is 4.25. The van der Waals surface area contributed by atoms with Crippen LogP contribution in [0.5, 0.6) is 11.6 Å². The average Bonchev–Trinajstić information content (AvgIpc) is 3.22. The van der Waals surface area contributed by atoms with Gasteiger partial charge in [0.05, 0.1) is 25.9 Å². The number of hydrogen-bond donors (Lipinski definition) is 1. The van der Waals surface area contributed by atoms with Crippen molar-refractivity contribution in [2.75, 3.05) is 25.7 Å². The highest BCUT2D eigenvalue weighted by Gasteiger charge is 2.35. The number of ether oxygens (including phenoxy) is 2. The Labute approximate surface area is 145 Å². The van der Waals surface area contributed by atoms with Crippen LogP contribution in [0.2, 0.25) is 0 Å². The van der Waals surface area contributed by atoms with Gasteiger partial charge in [0, 0.05) is 23.5 Å². The summed E-state index contributed by atoms with van der Waals surface area (Å²) in [5.74, 6) is 1.39. The molecule has 3 rings (SSSR count). The first-order chi connectivity index (χ1) is 11.7. The van der Waals surface area contributed by atoms with Crippen LogP contribution >= 0.6 is 11.5 Å². The summed E-state index contributed by atoms with van der Waals surface area (Å²) in [6.07, 6.45) is 0.751. The van der Waals surface area contributed by atoms with Crippen molar-refractivity contribution in [1.29, 1.82) is 0 Å². The molecule has 1 aliphatic heterocycles. The molecule has 1 aromatic heterocycles. The van der Waals surface area contributed by atoms with E-state index in [0.717, 1.165) is 17.7 Å². The summed E-state index contributed by atoms with van der Waals surface area (Å²) < 4.78 is 14.8. The highest BCUT2D eigenvalue weighted by atomic mass is 32.1. The van der Waals surface area contributed by atoms with Gasteiger partial charge in [-0.05, 0) is 37.0 Å². The van der Waals surface area contributed by atoms with Gasteiger partial charge in [0.2, 0.25) is 11.8 Å². The Morgan fingerprint density at radius 2 is 2.12 bits per heavy atom. The summed E-state index contributed by atoms with van der Waals surface area (Å²) >= 11 is 1.35. The lowest BCUT2D eigenvalue weighted by atomic mass is 10.1. The van der Waals surface area contributed by atoms with Crippen LogP contribution in [-0.4, -0.2) is 37.1 Å². The van der Waals surface area contributed by atoms with Gasteiger partial charge in [-0.2, -0.15) is 4.37 Å². The van der Waals surface area contributed by atoms with E-state index in [1.165, 1.54) is 11.5 Å². The first kappa shape index (κ1) is 16.7. The lowest BCUT2D eigenvalue weighted by molar-refractivity contribution is -0.119. The van der Waals surface area contributed by atoms with E-state index in [0.29, 0.717) is 18.2 Å². The molecule has 0 aliphatic carbocycles. The Bertz CT molecular complexity index is 719. The molecule has 1 N–H and O–H groups in total. The highest BCUT2D eigenvalue weighted by Crippen LogP contribution is 2.32. The van der Waals surface area contributed by atoms with Crippen LogP contribution < -0.4 is 19.7 Å². The largest absolute Gasteiger partial charge is 0.495 e. The van der Waals surface area contributed by atoms with Crippen LogP contribution in [-0.2, 0) is 4.79 Å². The number of carbonyl (C=O) groups is 1. The van der Waals surface area contributed by atoms with Gasteiger partial charge in [0.1, 0.15) is 5.75 Å². The van der Waals surface area contributed by atoms with Crippen molar-refractivity contribution in [2.45, 2.75) is 25.4 Å². The predicted molar refractivity (Wildman–Crippen MR) is 94.0 cm³/mol. The van der Waals surface area contributed by atoms with E-state index < -0.39 is 0 Å². The Balaban J connectivity index is 1.72. The summed E-state index contributed by atoms with van der Waals surface area (Å²) in [5, 5.41) is 5.35. The van der Waals surface area contributed by atoms with Crippen LogP contribution in [0, 0.1) is 0 Å². The molecule has 1 fully saturated rings. The van der Waals surface area contributed by atoms with Gasteiger partial charge < -0.3 is 14.4 Å². The Hall–Kier alpha value is -2.12. The fraction of sp³-hybridized carbons (Fsp3) is 0.412. The quantitative estimate of drug-likeness (QED) is 0.870. The van der Waals surface area contributed by atoms with Gasteiger partial charge in [-0.25, -0.2) is 0 Å². The molecular formula is C17H21N3O3S. The number of methoxy groups -OCH3 is 2. The number of anilines is 1. The van der Waals surface area contributed by atoms with E-state index in [4.69, 9.17) is 9.47 Å². The molecule has 1 saturated heterocycles. The maximum absolute atomic E-state index is 12.8. The van der Waals surface area contributed by atoms with E-state index in [1.807, 2.05) is 36.6 Å². The maximum atomic E-state index is 12.8. The summed E-state index contributed by atoms with van der Waals surface area (Å²) in [4.78, 5) is 14.6. The number of rotatable bonds is 6. The second-order valence-electron chi connectivity index (χ2n) is 5.67. The van der Waals surface area contributed by atoms with Gasteiger partial charge >= 0.3 is 0 Å². The van der Waals surface area contributed by atoms with Gasteiger partial charge in [0.15, 0.2) is 0 Å². The van der Waals surface area contributed by atoms with E-state index in [1.54, 1.807) is 19.1 Å². The third-order valence-corrected chi connectivity index (χ3v) is 4.89. The Morgan fingerprint density at radius 1 is 1.33 bits per heavy atom. The van der Waals surface area contributed by atoms with Crippen molar-refractivity contribution in [3.8, 4) is 11.6 Å². The topological polar surface area (TPSA) is 63.7 Å². The molecule has 7 heteroatoms. The summed E-state index contributed by atoms with van der Waals surface area (Å²) in [6, 6.07) is 7.36. The number of carbonyl (C=O) groups excluding carboxylic acids is 1. The van der Waals surface area contributed by atoms with Crippen LogP contribution in [0.4, 0.5) is 5.69 Å². The minimum Gasteiger partial charge on any atom is -0.495 e. The van der Waals surface area contributed by atoms with E-state index in [-0.39, 0.29) is 18.0 Å². The van der Waals surface area contributed by atoms with E-state index >= 15 is 0 Å². The maximum Gasteiger partial charge on any atom is 0.244 e. The highest BCUT2D eigenvalue weighted by molar-refractivity contribution is 7.03. The molecule has 24 heavy (non-hydrogen) atoms. The first-order valence-corrected chi connectivity index (χ1v) is 8.68. The molecule has 2 atom stereocenters. The summed E-state index contributed by atoms with van der Waals surface area (Å²) in [5.41, 5.74) is 1.79. The number of benzene rings is 1. The fourth-order valence-corrected chi connectivity index (χ4v) is 3.74. The van der Waals surface area contributed by atoms with Gasteiger partial charge in [-0.3, -0.25) is 10.1 Å². The van der Waals surface area contributed by atoms with Crippen LogP contribution in [0.15, 0.2) is 29.6 Å². The van der Waals surface area contributed by atoms with Crippen molar-refractivity contribution in [3.05, 3.63) is 35.2 Å². The summed E-state index contributed by atoms with van der Waals surface area (Å²) in [7, 11) is 3.22. The first-order valence-electron chi connectivity index (χ1n) is 7.84. The van der Waals surface area contributed by atoms with Crippen molar-refractivity contribution in [2.24, 2.45) is 0 Å². The van der Waals surface area contributed by atoms with Crippen LogP contribution in [0.25, 0.3) is 0 Å². The summed E-state index contributed by atoms with van der Waals surface area (Å²) in [6.45, 7) is 2.69. The molecule has 0 bridgehead atoms. The third kappa shape index (κ3) is 3.09. The standard InChI is InChI=1S/C17H21N3O3S/c1-11(12-10-24-19-16(12)23-3)18-13-8-9-20(17(13)21)14-6-4-5-7-15(14)22-2/h4-7,10-11,13,18H,8-9H2,1-3H3. The van der Waals surface area contributed by atoms with Crippen molar-refractivity contribution < 1.29 is 14.3 Å². The molecule has 2 heterocycles. The molecule has 6 nitrogen and oxygen atoms in total. The van der Waals surface area contributed by atoms with Gasteiger partial charge in [-0.1, -0.05) is 12.1 Å². The lowest BCUT2D eigenvalue weighted by Gasteiger charge is -2.21. The van der Waals surface area contributed by atoms with Crippen LogP contribution in [0.3, 0.4) is 0 Å². The minimum absolute atomic E-state index is 0.00901. The molecule has 128 valence electrons. The smallest absolute Gasteiger partial charge is 0.244 e. The molecule has 1 amide bonds. The Morgan fingerprint density at radius 3 is 2.88 bits per heavy atom. The van der Waals surface area contributed by atoms with Gasteiger partial charge in [0.25, 0.3) is 0 Å². The number of amides is 1. The van der Waals surface area contributed by atoms with Crippen LogP contribution in [0.1, 0.15) is 24.9 Å². The number of aromatic nitrogens is 1. The zero-order valence-corrected chi connectivity index (χ0v) is 14.8. The average molecular weight is 347 g/mol. The predicted octanol–water partition coefficient (Wildman–Crippen LogP) is 2.62. The molecule has 0 spiro atoms. The zero-order valence-electron chi connectivity index (χ0n) is 14.0. The molecule has 1 aromatic carbocycles.